The molecule has 7 nitrogen and oxygen atoms in total. The van der Waals surface area contributed by atoms with Gasteiger partial charge in [0.2, 0.25) is 5.91 Å². The second-order valence-corrected chi connectivity index (χ2v) is 8.72. The van der Waals surface area contributed by atoms with Gasteiger partial charge in [-0.1, -0.05) is 29.8 Å². The number of rotatable bonds is 6. The Morgan fingerprint density at radius 1 is 1.32 bits per heavy atom. The lowest BCUT2D eigenvalue weighted by Gasteiger charge is -2.39. The van der Waals surface area contributed by atoms with Crippen molar-refractivity contribution in [3.05, 3.63) is 47.0 Å². The van der Waals surface area contributed by atoms with Crippen LogP contribution in [0.25, 0.3) is 0 Å². The zero-order valence-corrected chi connectivity index (χ0v) is 18.2. The number of ether oxygens (including phenoxy) is 2. The molecule has 2 aromatic rings. The number of β-amino-alcohol motifs (C(OH)–C–C–N with tert-alkyl or cyclic N) is 1. The van der Waals surface area contributed by atoms with Gasteiger partial charge in [-0.05, 0) is 17.7 Å². The fourth-order valence-electron chi connectivity index (χ4n) is 4.27. The number of piperidine rings is 1. The average molecular weight is 447 g/mol. The van der Waals surface area contributed by atoms with Crippen LogP contribution in [-0.2, 0) is 11.2 Å². The predicted octanol–water partition coefficient (Wildman–Crippen LogP) is 3.21. The van der Waals surface area contributed by atoms with Gasteiger partial charge in [-0.15, -0.1) is 0 Å². The Morgan fingerprint density at radius 2 is 2.06 bits per heavy atom. The van der Waals surface area contributed by atoms with Gasteiger partial charge in [-0.3, -0.25) is 4.79 Å². The molecule has 2 aliphatic heterocycles. The summed E-state index contributed by atoms with van der Waals surface area (Å²) in [5, 5.41) is 23.1. The van der Waals surface area contributed by atoms with Gasteiger partial charge in [0.05, 0.1) is 10.7 Å². The lowest BCUT2D eigenvalue weighted by Crippen LogP contribution is -2.49. The van der Waals surface area contributed by atoms with E-state index in [0.29, 0.717) is 12.2 Å². The van der Waals surface area contributed by atoms with Crippen molar-refractivity contribution in [1.82, 2.24) is 4.90 Å². The summed E-state index contributed by atoms with van der Waals surface area (Å²) < 4.78 is 12.0. The van der Waals surface area contributed by atoms with Gasteiger partial charge in [0, 0.05) is 51.9 Å². The van der Waals surface area contributed by atoms with E-state index in [1.54, 1.807) is 0 Å². The van der Waals surface area contributed by atoms with E-state index in [1.807, 2.05) is 18.2 Å². The van der Waals surface area contributed by atoms with Crippen LogP contribution < -0.4 is 14.8 Å². The number of phenolic OH excluding ortho intramolecular Hbond substituents is 1. The number of carbonyl (C=O) groups excluding carboxylic acids is 1. The molecule has 0 unspecified atom stereocenters. The van der Waals surface area contributed by atoms with Gasteiger partial charge in [-0.25, -0.2) is 0 Å². The van der Waals surface area contributed by atoms with Crippen molar-refractivity contribution in [3.8, 4) is 17.2 Å². The topological polar surface area (TPSA) is 91.3 Å². The number of carbonyl (C=O) groups is 1. The van der Waals surface area contributed by atoms with Crippen LogP contribution in [0.1, 0.15) is 25.3 Å². The number of phenols is 1. The number of nitrogens with zero attached hydrogens (tertiary/aromatic N) is 1. The normalized spacial score (nSPS) is 18.3. The lowest BCUT2D eigenvalue weighted by molar-refractivity contribution is -0.114. The number of nitrogens with one attached hydrogen (secondary N) is 1. The van der Waals surface area contributed by atoms with Crippen LogP contribution >= 0.6 is 11.6 Å². The molecule has 1 amide bonds. The maximum Gasteiger partial charge on any atom is 0.221 e. The van der Waals surface area contributed by atoms with E-state index >= 15 is 0 Å². The summed E-state index contributed by atoms with van der Waals surface area (Å²) >= 11 is 5.92. The number of aliphatic hydroxyl groups is 1. The third kappa shape index (κ3) is 5.06. The Bertz CT molecular complexity index is 932. The van der Waals surface area contributed by atoms with Gasteiger partial charge >= 0.3 is 0 Å². The molecule has 1 fully saturated rings. The smallest absolute Gasteiger partial charge is 0.221 e. The first-order chi connectivity index (χ1) is 14.8. The Labute approximate surface area is 186 Å². The number of hydrogen-bond donors (Lipinski definition) is 3. The molecule has 0 aromatic heterocycles. The van der Waals surface area contributed by atoms with Crippen LogP contribution in [0, 0.1) is 0 Å². The van der Waals surface area contributed by atoms with Crippen molar-refractivity contribution in [1.29, 1.82) is 0 Å². The Kier molecular flexibility index (Phi) is 6.27. The molecule has 31 heavy (non-hydrogen) atoms. The number of hydrogen-bond acceptors (Lipinski definition) is 6. The van der Waals surface area contributed by atoms with E-state index in [2.05, 4.69) is 16.3 Å². The molecule has 0 saturated carbocycles. The standard InChI is InChI=1S/C23H27ClN2O5/c1-15(27)25-19-10-18(24)20(29)11-22(19)30-14-17(28)13-26-8-6-23(7-9-26)12-16-4-2-3-5-21(16)31-23/h2-5,10-11,17,28-29H,6-9,12-14H2,1H3,(H,25,27)/t17-/m0/s1. The zero-order valence-electron chi connectivity index (χ0n) is 17.4. The van der Waals surface area contributed by atoms with Crippen molar-refractivity contribution < 1.29 is 24.5 Å². The highest BCUT2D eigenvalue weighted by Gasteiger charge is 2.41. The minimum absolute atomic E-state index is 0.0250. The first-order valence-electron chi connectivity index (χ1n) is 10.4. The second kappa shape index (κ2) is 8.94. The minimum Gasteiger partial charge on any atom is -0.506 e. The third-order valence-corrected chi connectivity index (χ3v) is 6.14. The number of aromatic hydroxyl groups is 1. The molecule has 2 heterocycles. The van der Waals surface area contributed by atoms with E-state index in [-0.39, 0.29) is 34.6 Å². The van der Waals surface area contributed by atoms with Crippen LogP contribution in [0.5, 0.6) is 17.2 Å². The molecule has 0 bridgehead atoms. The number of fused-ring (bicyclic) bond motifs is 1. The third-order valence-electron chi connectivity index (χ3n) is 5.84. The molecule has 2 aromatic carbocycles. The van der Waals surface area contributed by atoms with Gasteiger partial charge in [0.15, 0.2) is 0 Å². The van der Waals surface area contributed by atoms with Crippen molar-refractivity contribution in [2.45, 2.75) is 37.9 Å². The molecular weight excluding hydrogens is 420 g/mol. The minimum atomic E-state index is -0.723. The first-order valence-corrected chi connectivity index (χ1v) is 10.8. The number of halogens is 1. The first kappa shape index (κ1) is 21.7. The SMILES string of the molecule is CC(=O)Nc1cc(Cl)c(O)cc1OC[C@@H](O)CN1CCC2(CC1)Cc1ccccc1O2. The number of likely N-dealkylation sites (tertiary alicyclic amines) is 1. The van der Waals surface area contributed by atoms with E-state index in [9.17, 15) is 15.0 Å². The highest BCUT2D eigenvalue weighted by Crippen LogP contribution is 2.41. The molecular formula is C23H27ClN2O5. The Hall–Kier alpha value is -2.48. The second-order valence-electron chi connectivity index (χ2n) is 8.32. The van der Waals surface area contributed by atoms with Crippen LogP contribution in [0.4, 0.5) is 5.69 Å². The summed E-state index contributed by atoms with van der Waals surface area (Å²) in [5.74, 6) is 0.807. The lowest BCUT2D eigenvalue weighted by atomic mass is 9.87. The van der Waals surface area contributed by atoms with Crippen LogP contribution in [0.3, 0.4) is 0 Å². The van der Waals surface area contributed by atoms with Gasteiger partial charge < -0.3 is 29.9 Å². The fraction of sp³-hybridized carbons (Fsp3) is 0.435. The molecule has 166 valence electrons. The van der Waals surface area contributed by atoms with Crippen LogP contribution in [-0.4, -0.2) is 59.0 Å². The molecule has 3 N–H and O–H groups in total. The monoisotopic (exact) mass is 446 g/mol. The molecule has 1 spiro atoms. The van der Waals surface area contributed by atoms with Gasteiger partial charge in [0.1, 0.15) is 35.6 Å². The van der Waals surface area contributed by atoms with Crippen LogP contribution in [0.15, 0.2) is 36.4 Å². The summed E-state index contributed by atoms with van der Waals surface area (Å²) in [6, 6.07) is 11.0. The van der Waals surface area contributed by atoms with E-state index < -0.39 is 6.10 Å². The molecule has 1 saturated heterocycles. The van der Waals surface area contributed by atoms with E-state index in [0.717, 1.165) is 38.1 Å². The largest absolute Gasteiger partial charge is 0.506 e. The fourth-order valence-corrected chi connectivity index (χ4v) is 4.44. The number of anilines is 1. The van der Waals surface area contributed by atoms with E-state index in [1.165, 1.54) is 24.6 Å². The summed E-state index contributed by atoms with van der Waals surface area (Å²) in [6.45, 7) is 3.54. The molecule has 0 radical (unpaired) electrons. The maximum absolute atomic E-state index is 11.4. The molecule has 2 aliphatic rings. The number of benzene rings is 2. The summed E-state index contributed by atoms with van der Waals surface area (Å²) in [6.07, 6.45) is 2.04. The molecule has 0 aliphatic carbocycles. The number of para-hydroxylation sites is 1. The average Bonchev–Trinajstić information content (AvgIpc) is 3.09. The predicted molar refractivity (Wildman–Crippen MR) is 118 cm³/mol. The van der Waals surface area contributed by atoms with E-state index in [4.69, 9.17) is 21.1 Å². The van der Waals surface area contributed by atoms with Crippen molar-refractivity contribution in [3.63, 3.8) is 0 Å². The van der Waals surface area contributed by atoms with Crippen molar-refractivity contribution in [2.24, 2.45) is 0 Å². The number of aliphatic hydroxyl groups excluding tert-OH is 1. The highest BCUT2D eigenvalue weighted by atomic mass is 35.5. The molecule has 4 rings (SSSR count). The highest BCUT2D eigenvalue weighted by molar-refractivity contribution is 6.32. The number of amides is 1. The van der Waals surface area contributed by atoms with Crippen molar-refractivity contribution in [2.75, 3.05) is 31.6 Å². The van der Waals surface area contributed by atoms with Crippen LogP contribution in [0.2, 0.25) is 5.02 Å². The Morgan fingerprint density at radius 3 is 2.77 bits per heavy atom. The van der Waals surface area contributed by atoms with Gasteiger partial charge in [0.25, 0.3) is 0 Å². The quantitative estimate of drug-likeness (QED) is 0.590. The van der Waals surface area contributed by atoms with Crippen molar-refractivity contribution >= 4 is 23.2 Å². The maximum atomic E-state index is 11.4. The summed E-state index contributed by atoms with van der Waals surface area (Å²) in [5.41, 5.74) is 1.49. The van der Waals surface area contributed by atoms with Gasteiger partial charge in [-0.2, -0.15) is 0 Å². The molecule has 1 atom stereocenters. The summed E-state index contributed by atoms with van der Waals surface area (Å²) in [7, 11) is 0. The zero-order chi connectivity index (χ0) is 22.0. The summed E-state index contributed by atoms with van der Waals surface area (Å²) in [4.78, 5) is 13.6. The Balaban J connectivity index is 1.28. The molecule has 8 heteroatoms.